The minimum Gasteiger partial charge on any atom is -0.399 e. The summed E-state index contributed by atoms with van der Waals surface area (Å²) in [5.74, 6) is 0. The molecule has 0 spiro atoms. The molecule has 0 bridgehead atoms. The van der Waals surface area contributed by atoms with Gasteiger partial charge in [-0.1, -0.05) is 60.7 Å². The van der Waals surface area contributed by atoms with E-state index in [9.17, 15) is 0 Å². The van der Waals surface area contributed by atoms with E-state index < -0.39 is 0 Å². The molecule has 0 saturated carbocycles. The van der Waals surface area contributed by atoms with Gasteiger partial charge in [0.15, 0.2) is 0 Å². The van der Waals surface area contributed by atoms with Gasteiger partial charge in [0.25, 0.3) is 0 Å². The zero-order valence-electron chi connectivity index (χ0n) is 20.6. The maximum absolute atomic E-state index is 6.20. The second-order valence-electron chi connectivity index (χ2n) is 10.9. The summed E-state index contributed by atoms with van der Waals surface area (Å²) in [6.07, 6.45) is 4.22. The molecule has 2 saturated heterocycles. The Labute approximate surface area is 193 Å². The van der Waals surface area contributed by atoms with Gasteiger partial charge in [0.1, 0.15) is 0 Å². The minimum absolute atomic E-state index is 0.350. The zero-order valence-corrected chi connectivity index (χ0v) is 20.6. The summed E-state index contributed by atoms with van der Waals surface area (Å²) in [4.78, 5) is 0. The third-order valence-corrected chi connectivity index (χ3v) is 7.34. The molecule has 6 heteroatoms. The molecule has 2 aliphatic heterocycles. The van der Waals surface area contributed by atoms with Crippen LogP contribution in [0.4, 0.5) is 0 Å². The average Bonchev–Trinajstić information content (AvgIpc) is 3.06. The topological polar surface area (TPSA) is 36.9 Å². The van der Waals surface area contributed by atoms with Crippen molar-refractivity contribution in [3.05, 3.63) is 59.7 Å². The van der Waals surface area contributed by atoms with Gasteiger partial charge < -0.3 is 18.6 Å². The van der Waals surface area contributed by atoms with Crippen molar-refractivity contribution in [1.29, 1.82) is 0 Å². The van der Waals surface area contributed by atoms with Crippen molar-refractivity contribution < 1.29 is 18.6 Å². The summed E-state index contributed by atoms with van der Waals surface area (Å²) >= 11 is 0. The highest BCUT2D eigenvalue weighted by molar-refractivity contribution is 6.62. The molecule has 32 heavy (non-hydrogen) atoms. The fourth-order valence-corrected chi connectivity index (χ4v) is 3.77. The summed E-state index contributed by atoms with van der Waals surface area (Å²) < 4.78 is 24.8. The summed E-state index contributed by atoms with van der Waals surface area (Å²) in [6, 6.07) is 16.6. The third kappa shape index (κ3) is 4.34. The van der Waals surface area contributed by atoms with Gasteiger partial charge in [-0.3, -0.25) is 0 Å². The maximum Gasteiger partial charge on any atom is 0.494 e. The molecule has 4 rings (SSSR count). The predicted molar refractivity (Wildman–Crippen MR) is 133 cm³/mol. The van der Waals surface area contributed by atoms with E-state index in [0.717, 1.165) is 22.1 Å². The van der Waals surface area contributed by atoms with E-state index in [1.54, 1.807) is 0 Å². The predicted octanol–water partition coefficient (Wildman–Crippen LogP) is 4.46. The van der Waals surface area contributed by atoms with Crippen LogP contribution in [-0.4, -0.2) is 36.6 Å². The van der Waals surface area contributed by atoms with Gasteiger partial charge in [-0.15, -0.1) is 0 Å². The Morgan fingerprint density at radius 1 is 0.531 bits per heavy atom. The fourth-order valence-electron chi connectivity index (χ4n) is 3.77. The minimum atomic E-state index is -0.361. The number of hydrogen-bond acceptors (Lipinski definition) is 4. The molecular weight excluding hydrogens is 398 g/mol. The van der Waals surface area contributed by atoms with Crippen molar-refractivity contribution >= 4 is 37.3 Å². The van der Waals surface area contributed by atoms with Crippen LogP contribution in [0.1, 0.15) is 66.5 Å². The van der Waals surface area contributed by atoms with Gasteiger partial charge in [-0.25, -0.2) is 0 Å². The first kappa shape index (κ1) is 23.3. The number of benzene rings is 2. The fraction of sp³-hybridized carbons (Fsp3) is 0.462. The van der Waals surface area contributed by atoms with Crippen LogP contribution in [-0.2, 0) is 18.6 Å². The first-order valence-corrected chi connectivity index (χ1v) is 11.4. The Morgan fingerprint density at radius 2 is 0.844 bits per heavy atom. The normalized spacial score (nSPS) is 23.2. The summed E-state index contributed by atoms with van der Waals surface area (Å²) in [5, 5.41) is 0. The van der Waals surface area contributed by atoms with Gasteiger partial charge in [-0.05, 0) is 77.4 Å². The molecule has 0 amide bonds. The van der Waals surface area contributed by atoms with Crippen LogP contribution in [0.3, 0.4) is 0 Å². The van der Waals surface area contributed by atoms with Crippen molar-refractivity contribution in [1.82, 2.24) is 0 Å². The molecule has 2 fully saturated rings. The van der Waals surface area contributed by atoms with E-state index in [1.165, 1.54) is 0 Å². The molecule has 0 unspecified atom stereocenters. The molecule has 4 nitrogen and oxygen atoms in total. The van der Waals surface area contributed by atoms with Crippen molar-refractivity contribution in [2.45, 2.75) is 77.8 Å². The highest BCUT2D eigenvalue weighted by atomic mass is 16.7. The van der Waals surface area contributed by atoms with Crippen LogP contribution in [0.25, 0.3) is 12.2 Å². The number of hydrogen-bond donors (Lipinski definition) is 0. The Morgan fingerprint density at radius 3 is 1.16 bits per heavy atom. The van der Waals surface area contributed by atoms with Gasteiger partial charge >= 0.3 is 14.2 Å². The Bertz CT molecular complexity index is 912. The Hall–Kier alpha value is -1.85. The van der Waals surface area contributed by atoms with Gasteiger partial charge in [0.05, 0.1) is 22.4 Å². The lowest BCUT2D eigenvalue weighted by Gasteiger charge is -2.32. The van der Waals surface area contributed by atoms with Crippen molar-refractivity contribution in [3.8, 4) is 0 Å². The molecule has 0 N–H and O–H groups in total. The largest absolute Gasteiger partial charge is 0.494 e. The first-order valence-electron chi connectivity index (χ1n) is 11.4. The molecule has 0 atom stereocenters. The van der Waals surface area contributed by atoms with E-state index in [4.69, 9.17) is 18.6 Å². The van der Waals surface area contributed by atoms with Crippen LogP contribution in [0.15, 0.2) is 48.5 Å². The van der Waals surface area contributed by atoms with E-state index in [-0.39, 0.29) is 36.6 Å². The Balaban J connectivity index is 1.50. The lowest BCUT2D eigenvalue weighted by Crippen LogP contribution is -2.41. The molecule has 0 radical (unpaired) electrons. The van der Waals surface area contributed by atoms with Crippen molar-refractivity contribution in [2.75, 3.05) is 0 Å². The highest BCUT2D eigenvalue weighted by Crippen LogP contribution is 2.37. The first-order chi connectivity index (χ1) is 14.8. The molecule has 2 aromatic rings. The smallest absolute Gasteiger partial charge is 0.399 e. The number of rotatable bonds is 4. The van der Waals surface area contributed by atoms with Crippen LogP contribution in [0, 0.1) is 0 Å². The lowest BCUT2D eigenvalue weighted by atomic mass is 9.78. The SMILES string of the molecule is CC1(C)OB(c2cccc(/C=C/c3cccc(B4OC(C)(C)C(C)(C)O4)c3)c2)OC1(C)C. The van der Waals surface area contributed by atoms with Gasteiger partial charge in [-0.2, -0.15) is 0 Å². The van der Waals surface area contributed by atoms with Crippen LogP contribution in [0.2, 0.25) is 0 Å². The van der Waals surface area contributed by atoms with Crippen LogP contribution in [0.5, 0.6) is 0 Å². The van der Waals surface area contributed by atoms with E-state index >= 15 is 0 Å². The van der Waals surface area contributed by atoms with Gasteiger partial charge in [0, 0.05) is 0 Å². The second kappa shape index (κ2) is 7.88. The summed E-state index contributed by atoms with van der Waals surface area (Å²) in [6.45, 7) is 16.6. The molecule has 2 aliphatic rings. The molecule has 0 aliphatic carbocycles. The zero-order chi connectivity index (χ0) is 23.4. The van der Waals surface area contributed by atoms with Crippen molar-refractivity contribution in [2.24, 2.45) is 0 Å². The molecule has 0 aromatic heterocycles. The lowest BCUT2D eigenvalue weighted by molar-refractivity contribution is 0.00578. The van der Waals surface area contributed by atoms with E-state index in [2.05, 4.69) is 104 Å². The Kier molecular flexibility index (Phi) is 5.74. The molecule has 2 aromatic carbocycles. The van der Waals surface area contributed by atoms with Gasteiger partial charge in [0.2, 0.25) is 0 Å². The van der Waals surface area contributed by atoms with Crippen LogP contribution >= 0.6 is 0 Å². The van der Waals surface area contributed by atoms with E-state index in [1.807, 2.05) is 12.1 Å². The maximum atomic E-state index is 6.20. The highest BCUT2D eigenvalue weighted by Gasteiger charge is 2.52. The summed E-state index contributed by atoms with van der Waals surface area (Å²) in [7, 11) is -0.722. The molecular formula is C26H34B2O4. The quantitative estimate of drug-likeness (QED) is 0.529. The van der Waals surface area contributed by atoms with Crippen molar-refractivity contribution in [3.63, 3.8) is 0 Å². The second-order valence-corrected chi connectivity index (χ2v) is 10.9. The van der Waals surface area contributed by atoms with E-state index in [0.29, 0.717) is 0 Å². The standard InChI is InChI=1S/C26H34B2O4/c1-23(2)24(3,4)30-27(29-23)21-13-9-11-19(17-21)15-16-20-12-10-14-22(18-20)28-31-25(5,6)26(7,8)32-28/h9-18H,1-8H3/b16-15+. The molecule has 168 valence electrons. The van der Waals surface area contributed by atoms with Crippen LogP contribution < -0.4 is 10.9 Å². The third-order valence-electron chi connectivity index (χ3n) is 7.34. The average molecular weight is 432 g/mol. The molecule has 2 heterocycles. The monoisotopic (exact) mass is 432 g/mol. The summed E-state index contributed by atoms with van der Waals surface area (Å²) in [5.41, 5.74) is 2.84.